The SMILES string of the molecule is CC(C)C(N)CC(=O)Nc1cc([N+](=O)[O-])ccc1Cl. The minimum absolute atomic E-state index is 0.132. The molecule has 1 rings (SSSR count). The molecule has 0 aliphatic rings. The maximum atomic E-state index is 11.7. The lowest BCUT2D eigenvalue weighted by atomic mass is 10.0. The molecule has 19 heavy (non-hydrogen) atoms. The van der Waals surface area contributed by atoms with E-state index in [1.807, 2.05) is 13.8 Å². The Morgan fingerprint density at radius 2 is 2.16 bits per heavy atom. The molecule has 0 aliphatic heterocycles. The van der Waals surface area contributed by atoms with Crippen LogP contribution >= 0.6 is 11.6 Å². The lowest BCUT2D eigenvalue weighted by Gasteiger charge is -2.15. The number of nitrogens with two attached hydrogens (primary N) is 1. The van der Waals surface area contributed by atoms with Gasteiger partial charge in [0.15, 0.2) is 0 Å². The van der Waals surface area contributed by atoms with Crippen molar-refractivity contribution in [1.82, 2.24) is 0 Å². The Kier molecular flexibility index (Phi) is 5.26. The Hall–Kier alpha value is -1.66. The van der Waals surface area contributed by atoms with Gasteiger partial charge < -0.3 is 11.1 Å². The summed E-state index contributed by atoms with van der Waals surface area (Å²) in [4.78, 5) is 21.8. The zero-order valence-corrected chi connectivity index (χ0v) is 11.5. The van der Waals surface area contributed by atoms with E-state index in [4.69, 9.17) is 17.3 Å². The molecule has 3 N–H and O–H groups in total. The van der Waals surface area contributed by atoms with E-state index in [0.717, 1.165) is 0 Å². The van der Waals surface area contributed by atoms with Crippen molar-refractivity contribution in [2.75, 3.05) is 5.32 Å². The first-order valence-corrected chi connectivity index (χ1v) is 6.18. The molecule has 0 heterocycles. The second kappa shape index (κ2) is 6.49. The average molecular weight is 286 g/mol. The number of non-ortho nitro benzene ring substituents is 1. The highest BCUT2D eigenvalue weighted by atomic mass is 35.5. The van der Waals surface area contributed by atoms with Crippen molar-refractivity contribution in [3.63, 3.8) is 0 Å². The average Bonchev–Trinajstić information content (AvgIpc) is 2.31. The zero-order chi connectivity index (χ0) is 14.6. The molecular weight excluding hydrogens is 270 g/mol. The molecular formula is C12H16ClN3O3. The van der Waals surface area contributed by atoms with Crippen LogP contribution < -0.4 is 11.1 Å². The van der Waals surface area contributed by atoms with Gasteiger partial charge in [-0.1, -0.05) is 25.4 Å². The molecule has 0 spiro atoms. The second-order valence-corrected chi connectivity index (χ2v) is 4.99. The molecule has 104 valence electrons. The topological polar surface area (TPSA) is 98.3 Å². The highest BCUT2D eigenvalue weighted by Crippen LogP contribution is 2.26. The molecule has 7 heteroatoms. The molecule has 1 aromatic rings. The fourth-order valence-corrected chi connectivity index (χ4v) is 1.54. The maximum absolute atomic E-state index is 11.7. The number of amides is 1. The molecule has 0 fully saturated rings. The van der Waals surface area contributed by atoms with Crippen LogP contribution in [0.25, 0.3) is 0 Å². The number of hydrogen-bond donors (Lipinski definition) is 2. The summed E-state index contributed by atoms with van der Waals surface area (Å²) in [7, 11) is 0. The number of nitro groups is 1. The van der Waals surface area contributed by atoms with E-state index in [2.05, 4.69) is 5.32 Å². The van der Waals surface area contributed by atoms with Crippen LogP contribution in [0.2, 0.25) is 5.02 Å². The Bertz CT molecular complexity index is 491. The molecule has 6 nitrogen and oxygen atoms in total. The predicted molar refractivity (Wildman–Crippen MR) is 74.2 cm³/mol. The number of carbonyl (C=O) groups is 1. The van der Waals surface area contributed by atoms with Gasteiger partial charge in [-0.15, -0.1) is 0 Å². The number of hydrogen-bond acceptors (Lipinski definition) is 4. The second-order valence-electron chi connectivity index (χ2n) is 4.58. The van der Waals surface area contributed by atoms with Crippen LogP contribution in [0.4, 0.5) is 11.4 Å². The van der Waals surface area contributed by atoms with E-state index < -0.39 is 4.92 Å². The number of rotatable bonds is 5. The highest BCUT2D eigenvalue weighted by Gasteiger charge is 2.16. The number of nitrogens with zero attached hydrogens (tertiary/aromatic N) is 1. The predicted octanol–water partition coefficient (Wildman–Crippen LogP) is 2.56. The van der Waals surface area contributed by atoms with Crippen LogP contribution in [0.1, 0.15) is 20.3 Å². The van der Waals surface area contributed by atoms with Gasteiger partial charge in [-0.2, -0.15) is 0 Å². The van der Waals surface area contributed by atoms with Gasteiger partial charge in [0.1, 0.15) is 0 Å². The van der Waals surface area contributed by atoms with Gasteiger partial charge >= 0.3 is 0 Å². The summed E-state index contributed by atoms with van der Waals surface area (Å²) >= 11 is 5.88. The molecule has 0 saturated heterocycles. The molecule has 0 bridgehead atoms. The summed E-state index contributed by atoms with van der Waals surface area (Å²) in [6.07, 6.45) is 0.136. The molecule has 0 saturated carbocycles. The number of anilines is 1. The largest absolute Gasteiger partial charge is 0.327 e. The monoisotopic (exact) mass is 285 g/mol. The van der Waals surface area contributed by atoms with Crippen molar-refractivity contribution in [2.24, 2.45) is 11.7 Å². The number of benzene rings is 1. The summed E-state index contributed by atoms with van der Waals surface area (Å²) in [5.41, 5.74) is 5.87. The van der Waals surface area contributed by atoms with Crippen LogP contribution in [-0.2, 0) is 4.79 Å². The first-order valence-electron chi connectivity index (χ1n) is 5.80. The third-order valence-corrected chi connectivity index (χ3v) is 3.04. The van der Waals surface area contributed by atoms with Gasteiger partial charge in [-0.05, 0) is 12.0 Å². The molecule has 0 radical (unpaired) electrons. The van der Waals surface area contributed by atoms with E-state index in [1.165, 1.54) is 18.2 Å². The lowest BCUT2D eigenvalue weighted by molar-refractivity contribution is -0.384. The van der Waals surface area contributed by atoms with Gasteiger partial charge in [0.2, 0.25) is 5.91 Å². The molecule has 0 aliphatic carbocycles. The first kappa shape index (κ1) is 15.4. The number of carbonyl (C=O) groups excluding carboxylic acids is 1. The van der Waals surface area contributed by atoms with Gasteiger partial charge in [-0.25, -0.2) is 0 Å². The van der Waals surface area contributed by atoms with Gasteiger partial charge in [0.25, 0.3) is 5.69 Å². The Labute approximate surface area is 116 Å². The van der Waals surface area contributed by atoms with Gasteiger partial charge in [0.05, 0.1) is 15.6 Å². The quantitative estimate of drug-likeness (QED) is 0.641. The molecule has 0 aromatic heterocycles. The first-order chi connectivity index (χ1) is 8.81. The summed E-state index contributed by atoms with van der Waals surface area (Å²) in [6.45, 7) is 3.83. The molecule has 1 unspecified atom stereocenters. The number of nitrogens with one attached hydrogen (secondary N) is 1. The maximum Gasteiger partial charge on any atom is 0.271 e. The fraction of sp³-hybridized carbons (Fsp3) is 0.417. The van der Waals surface area contributed by atoms with Crippen LogP contribution in [0.15, 0.2) is 18.2 Å². The highest BCUT2D eigenvalue weighted by molar-refractivity contribution is 6.33. The van der Waals surface area contributed by atoms with E-state index in [1.54, 1.807) is 0 Å². The molecule has 1 aromatic carbocycles. The lowest BCUT2D eigenvalue weighted by Crippen LogP contribution is -2.31. The normalized spacial score (nSPS) is 12.3. The van der Waals surface area contributed by atoms with E-state index in [0.29, 0.717) is 0 Å². The zero-order valence-electron chi connectivity index (χ0n) is 10.7. The summed E-state index contributed by atoms with van der Waals surface area (Å²) in [6, 6.07) is 3.61. The van der Waals surface area contributed by atoms with Crippen LogP contribution in [-0.4, -0.2) is 16.9 Å². The third kappa shape index (κ3) is 4.50. The summed E-state index contributed by atoms with van der Waals surface area (Å²) in [5.74, 6) is -0.144. The number of nitro benzene ring substituents is 1. The van der Waals surface area contributed by atoms with Gasteiger partial charge in [0, 0.05) is 24.6 Å². The van der Waals surface area contributed by atoms with Crippen molar-refractivity contribution in [1.29, 1.82) is 0 Å². The standard InChI is InChI=1S/C12H16ClN3O3/c1-7(2)10(14)6-12(17)15-11-5-8(16(18)19)3-4-9(11)13/h3-5,7,10H,6,14H2,1-2H3,(H,15,17). The molecule has 1 atom stereocenters. The van der Waals surface area contributed by atoms with Gasteiger partial charge in [-0.3, -0.25) is 14.9 Å². The van der Waals surface area contributed by atoms with Crippen molar-refractivity contribution in [3.05, 3.63) is 33.3 Å². The van der Waals surface area contributed by atoms with E-state index in [9.17, 15) is 14.9 Å². The van der Waals surface area contributed by atoms with E-state index in [-0.39, 0.29) is 40.7 Å². The summed E-state index contributed by atoms with van der Waals surface area (Å²) < 4.78 is 0. The van der Waals surface area contributed by atoms with Crippen molar-refractivity contribution in [3.8, 4) is 0 Å². The van der Waals surface area contributed by atoms with Crippen molar-refractivity contribution < 1.29 is 9.72 Å². The minimum Gasteiger partial charge on any atom is -0.327 e. The van der Waals surface area contributed by atoms with Crippen LogP contribution in [0.3, 0.4) is 0 Å². The fourth-order valence-electron chi connectivity index (χ4n) is 1.37. The number of halogens is 1. The van der Waals surface area contributed by atoms with Crippen molar-refractivity contribution in [2.45, 2.75) is 26.3 Å². The smallest absolute Gasteiger partial charge is 0.271 e. The Morgan fingerprint density at radius 3 is 2.68 bits per heavy atom. The molecule has 1 amide bonds. The van der Waals surface area contributed by atoms with Crippen molar-refractivity contribution >= 4 is 28.9 Å². The van der Waals surface area contributed by atoms with Crippen LogP contribution in [0, 0.1) is 16.0 Å². The minimum atomic E-state index is -0.550. The Balaban J connectivity index is 2.79. The van der Waals surface area contributed by atoms with E-state index >= 15 is 0 Å². The summed E-state index contributed by atoms with van der Waals surface area (Å²) in [5, 5.41) is 13.4. The van der Waals surface area contributed by atoms with Crippen LogP contribution in [0.5, 0.6) is 0 Å². The Morgan fingerprint density at radius 1 is 1.53 bits per heavy atom. The third-order valence-electron chi connectivity index (χ3n) is 2.71.